The van der Waals surface area contributed by atoms with Crippen molar-refractivity contribution in [1.29, 1.82) is 0 Å². The van der Waals surface area contributed by atoms with Gasteiger partial charge in [0.25, 0.3) is 5.82 Å². The molecule has 0 amide bonds. The van der Waals surface area contributed by atoms with Crippen LogP contribution < -0.4 is 15.7 Å². The average molecular weight is 341 g/mol. The Balaban J connectivity index is 2.16. The smallest absolute Gasteiger partial charge is 0.273 e. The van der Waals surface area contributed by atoms with E-state index in [1.165, 1.54) is 6.07 Å². The summed E-state index contributed by atoms with van der Waals surface area (Å²) in [4.78, 5) is 15.0. The number of nitrogens with one attached hydrogen (secondary N) is 2. The molecule has 0 spiro atoms. The van der Waals surface area contributed by atoms with Crippen molar-refractivity contribution in [1.82, 2.24) is 0 Å². The normalized spacial score (nSPS) is 11.9. The molecule has 1 unspecified atom stereocenters. The summed E-state index contributed by atoms with van der Waals surface area (Å²) >= 11 is 0. The van der Waals surface area contributed by atoms with Gasteiger partial charge in [-0.3, -0.25) is 10.1 Å². The minimum Gasteiger partial charge on any atom is -0.507 e. The molecule has 0 saturated heterocycles. The first-order valence-corrected chi connectivity index (χ1v) is 7.58. The van der Waals surface area contributed by atoms with E-state index in [9.17, 15) is 20.1 Å². The molecule has 0 radical (unpaired) electrons. The first kappa shape index (κ1) is 16.5. The summed E-state index contributed by atoms with van der Waals surface area (Å²) in [5.74, 6) is -0.138. The largest absolute Gasteiger partial charge is 0.507 e. The van der Waals surface area contributed by atoms with Crippen LogP contribution in [0.3, 0.4) is 0 Å². The van der Waals surface area contributed by atoms with Crippen LogP contribution in [0.4, 0.5) is 5.82 Å². The number of phenolic OH excluding ortho intramolecular Hbond substituents is 1. The summed E-state index contributed by atoms with van der Waals surface area (Å²) in [6.45, 7) is -0.493. The Bertz CT molecular complexity index is 924. The number of aliphatic hydroxyl groups excluding tert-OH is 1. The summed E-state index contributed by atoms with van der Waals surface area (Å²) in [5, 5.41) is 32.8. The molecular weight excluding hydrogens is 324 g/mol. The maximum Gasteiger partial charge on any atom is 0.273 e. The van der Waals surface area contributed by atoms with Crippen LogP contribution in [-0.2, 0) is 6.61 Å². The van der Waals surface area contributed by atoms with Gasteiger partial charge in [0.2, 0.25) is 11.2 Å². The minimum atomic E-state index is -0.862. The number of hydrogen-bond donors (Lipinski definition) is 4. The predicted molar refractivity (Wildman–Crippen MR) is 89.1 cm³/mol. The number of aromatic amines is 1. The van der Waals surface area contributed by atoms with Crippen molar-refractivity contribution in [2.45, 2.75) is 12.6 Å². The Morgan fingerprint density at radius 3 is 2.56 bits per heavy atom. The number of aromatic nitrogens is 1. The van der Waals surface area contributed by atoms with E-state index in [0.29, 0.717) is 11.4 Å². The lowest BCUT2D eigenvalue weighted by molar-refractivity contribution is -0.361. The molecule has 0 aliphatic heterocycles. The molecule has 128 valence electrons. The van der Waals surface area contributed by atoms with Crippen LogP contribution in [0, 0.1) is 0 Å². The Hall–Kier alpha value is -3.32. The SMILES string of the molecule is O=c1cc(CO)oc(C(Nc2cccc[nH+]2)c2ccccc2O)c1O. The number of rotatable bonds is 5. The molecule has 1 aromatic carbocycles. The number of aromatic hydroxyl groups is 2. The third kappa shape index (κ3) is 3.46. The summed E-state index contributed by atoms with van der Waals surface area (Å²) < 4.78 is 5.49. The standard InChI is InChI=1S/C18H16N2O5/c21-10-11-9-14(23)17(24)18(25-11)16(12-5-1-2-6-13(12)22)20-15-7-3-4-8-19-15/h1-9,16,21-22,24H,10H2,(H,19,20)/p+1. The van der Waals surface area contributed by atoms with Crippen molar-refractivity contribution in [3.05, 3.63) is 82.0 Å². The predicted octanol–water partition coefficient (Wildman–Crippen LogP) is 1.56. The van der Waals surface area contributed by atoms with Crippen molar-refractivity contribution < 1.29 is 24.7 Å². The molecular formula is C18H17N2O5+. The summed E-state index contributed by atoms with van der Waals surface area (Å²) in [6.07, 6.45) is 1.70. The molecule has 0 aliphatic carbocycles. The lowest BCUT2D eigenvalue weighted by Gasteiger charge is -2.16. The van der Waals surface area contributed by atoms with Crippen molar-refractivity contribution >= 4 is 5.82 Å². The monoisotopic (exact) mass is 341 g/mol. The first-order chi connectivity index (χ1) is 12.1. The Labute approximate surface area is 142 Å². The van der Waals surface area contributed by atoms with Gasteiger partial charge in [0.1, 0.15) is 18.1 Å². The fourth-order valence-corrected chi connectivity index (χ4v) is 2.48. The van der Waals surface area contributed by atoms with E-state index < -0.39 is 23.8 Å². The van der Waals surface area contributed by atoms with E-state index in [1.807, 2.05) is 0 Å². The van der Waals surface area contributed by atoms with Crippen molar-refractivity contribution in [3.8, 4) is 11.5 Å². The molecule has 2 heterocycles. The fourth-order valence-electron chi connectivity index (χ4n) is 2.48. The summed E-state index contributed by atoms with van der Waals surface area (Å²) in [6, 6.07) is 12.0. The highest BCUT2D eigenvalue weighted by atomic mass is 16.4. The molecule has 0 aliphatic rings. The van der Waals surface area contributed by atoms with E-state index in [-0.39, 0.29) is 17.3 Å². The zero-order valence-corrected chi connectivity index (χ0v) is 13.1. The quantitative estimate of drug-likeness (QED) is 0.559. The Kier molecular flexibility index (Phi) is 4.67. The Morgan fingerprint density at radius 1 is 1.12 bits per heavy atom. The van der Waals surface area contributed by atoms with Crippen LogP contribution in [-0.4, -0.2) is 15.3 Å². The van der Waals surface area contributed by atoms with Crippen LogP contribution in [0.15, 0.2) is 63.9 Å². The van der Waals surface area contributed by atoms with Crippen molar-refractivity contribution in [3.63, 3.8) is 0 Å². The van der Waals surface area contributed by atoms with Crippen molar-refractivity contribution in [2.75, 3.05) is 5.32 Å². The maximum atomic E-state index is 12.0. The average Bonchev–Trinajstić information content (AvgIpc) is 2.63. The zero-order valence-electron chi connectivity index (χ0n) is 13.1. The van der Waals surface area contributed by atoms with Gasteiger partial charge < -0.3 is 19.7 Å². The van der Waals surface area contributed by atoms with Gasteiger partial charge in [0.15, 0.2) is 11.8 Å². The van der Waals surface area contributed by atoms with Crippen LogP contribution in [0.5, 0.6) is 11.5 Å². The second kappa shape index (κ2) is 7.06. The van der Waals surface area contributed by atoms with Crippen molar-refractivity contribution in [2.24, 2.45) is 0 Å². The number of H-pyrrole nitrogens is 1. The van der Waals surface area contributed by atoms with Gasteiger partial charge in [-0.05, 0) is 12.1 Å². The lowest BCUT2D eigenvalue weighted by atomic mass is 10.0. The molecule has 2 aromatic heterocycles. The molecule has 3 rings (SSSR count). The summed E-state index contributed by atoms with van der Waals surface area (Å²) in [5.41, 5.74) is -0.280. The van der Waals surface area contributed by atoms with Crippen LogP contribution in [0.2, 0.25) is 0 Å². The number of aliphatic hydroxyl groups is 1. The fraction of sp³-hybridized carbons (Fsp3) is 0.111. The first-order valence-electron chi connectivity index (χ1n) is 7.58. The molecule has 0 saturated carbocycles. The Morgan fingerprint density at radius 2 is 1.88 bits per heavy atom. The van der Waals surface area contributed by atoms with E-state index in [0.717, 1.165) is 6.07 Å². The zero-order chi connectivity index (χ0) is 17.8. The lowest BCUT2D eigenvalue weighted by Crippen LogP contribution is -2.20. The number of benzene rings is 1. The maximum absolute atomic E-state index is 12.0. The third-order valence-electron chi connectivity index (χ3n) is 3.67. The molecule has 0 fully saturated rings. The van der Waals surface area contributed by atoms with E-state index in [1.54, 1.807) is 42.6 Å². The number of hydrogen-bond acceptors (Lipinski definition) is 6. The number of anilines is 1. The molecule has 3 aromatic rings. The van der Waals surface area contributed by atoms with Crippen LogP contribution in [0.25, 0.3) is 0 Å². The van der Waals surface area contributed by atoms with Gasteiger partial charge >= 0.3 is 0 Å². The number of phenols is 1. The van der Waals surface area contributed by atoms with E-state index >= 15 is 0 Å². The molecule has 7 heteroatoms. The van der Waals surface area contributed by atoms with Crippen LogP contribution >= 0.6 is 0 Å². The van der Waals surface area contributed by atoms with Crippen LogP contribution in [0.1, 0.15) is 23.1 Å². The van der Waals surface area contributed by atoms with E-state index in [2.05, 4.69) is 10.3 Å². The van der Waals surface area contributed by atoms with E-state index in [4.69, 9.17) is 4.42 Å². The molecule has 7 nitrogen and oxygen atoms in total. The molecule has 25 heavy (non-hydrogen) atoms. The summed E-state index contributed by atoms with van der Waals surface area (Å²) in [7, 11) is 0. The second-order valence-electron chi connectivity index (χ2n) is 5.36. The molecule has 5 N–H and O–H groups in total. The van der Waals surface area contributed by atoms with Gasteiger partial charge in [-0.2, -0.15) is 0 Å². The van der Waals surface area contributed by atoms with Gasteiger partial charge in [0.05, 0.1) is 6.20 Å². The van der Waals surface area contributed by atoms with Gasteiger partial charge in [-0.1, -0.05) is 24.3 Å². The minimum absolute atomic E-state index is 0.0112. The highest BCUT2D eigenvalue weighted by Gasteiger charge is 2.29. The number of pyridine rings is 1. The number of para-hydroxylation sites is 1. The van der Waals surface area contributed by atoms with Gasteiger partial charge in [0, 0.05) is 17.7 Å². The third-order valence-corrected chi connectivity index (χ3v) is 3.67. The highest BCUT2D eigenvalue weighted by Crippen LogP contribution is 2.34. The molecule has 1 atom stereocenters. The highest BCUT2D eigenvalue weighted by molar-refractivity contribution is 5.47. The topological polar surface area (TPSA) is 117 Å². The second-order valence-corrected chi connectivity index (χ2v) is 5.36. The van der Waals surface area contributed by atoms with Gasteiger partial charge in [-0.25, -0.2) is 4.98 Å². The molecule has 0 bridgehead atoms. The van der Waals surface area contributed by atoms with Gasteiger partial charge in [-0.15, -0.1) is 0 Å².